The molecule has 0 aliphatic carbocycles. The molecular weight excluding hydrogens is 373 g/mol. The Kier molecular flexibility index (Phi) is 4.29. The molecular formula is C13H19B7FN3O5. The van der Waals surface area contributed by atoms with Crippen molar-refractivity contribution in [2.24, 2.45) is 0 Å². The molecule has 0 spiro atoms. The lowest BCUT2D eigenvalue weighted by Crippen LogP contribution is -2.81. The van der Waals surface area contributed by atoms with Gasteiger partial charge in [-0.3, -0.25) is 19.7 Å². The molecule has 1 saturated heterocycles. The van der Waals surface area contributed by atoms with Gasteiger partial charge in [0.05, 0.1) is 5.44 Å². The van der Waals surface area contributed by atoms with Gasteiger partial charge in [-0.05, 0) is 16.1 Å². The number of carbonyl (C=O) groups excluding carboxylic acids is 3. The van der Waals surface area contributed by atoms with Gasteiger partial charge in [0.1, 0.15) is 56.2 Å². The Balaban J connectivity index is 2.37. The number of piperidine rings is 1. The molecule has 1 fully saturated rings. The van der Waals surface area contributed by atoms with E-state index >= 15 is 0 Å². The Bertz CT molecular complexity index is 1020. The standard InChI is InChI=1S/C13H19B7FN3O5/c14-3-1-2(6(22)4(15)5(3)21)12(18,29)24(7(1)25)10(16)8(26)23-9(27)11(17,28)13(10,19)20/h28-29H,14-20,22H2,(H,23,26,27)/t10-,11?,12?/m1/s1. The first-order valence-electron chi connectivity index (χ1n) is 9.21. The maximum Gasteiger partial charge on any atom is 0.256 e. The van der Waals surface area contributed by atoms with Crippen molar-refractivity contribution < 1.29 is 29.0 Å². The number of nitrogens with one attached hydrogen (secondary N) is 1. The maximum absolute atomic E-state index is 14.6. The van der Waals surface area contributed by atoms with Gasteiger partial charge >= 0.3 is 0 Å². The fourth-order valence-corrected chi connectivity index (χ4v) is 4.61. The van der Waals surface area contributed by atoms with Crippen LogP contribution in [0, 0.1) is 5.82 Å². The molecule has 3 atom stereocenters. The summed E-state index contributed by atoms with van der Waals surface area (Å²) in [5.74, 6) is -3.27. The van der Waals surface area contributed by atoms with Gasteiger partial charge < -0.3 is 20.8 Å². The molecule has 2 aliphatic heterocycles. The fraction of sp³-hybridized carbons (Fsp3) is 0.308. The van der Waals surface area contributed by atoms with Gasteiger partial charge in [-0.15, -0.1) is 0 Å². The summed E-state index contributed by atoms with van der Waals surface area (Å²) in [7, 11) is 9.62. The summed E-state index contributed by atoms with van der Waals surface area (Å²) >= 11 is 0. The van der Waals surface area contributed by atoms with Crippen LogP contribution in [0.5, 0.6) is 0 Å². The summed E-state index contributed by atoms with van der Waals surface area (Å²) < 4.78 is 14.6. The Hall–Kier alpha value is -2.07. The Morgan fingerprint density at radius 2 is 1.48 bits per heavy atom. The van der Waals surface area contributed by atoms with Crippen molar-refractivity contribution in [1.82, 2.24) is 10.2 Å². The largest absolute Gasteiger partial charge is 0.399 e. The second kappa shape index (κ2) is 5.75. The first-order chi connectivity index (χ1) is 13.0. The second-order valence-corrected chi connectivity index (χ2v) is 8.94. The number of aliphatic hydroxyl groups is 2. The average molecular weight is 392 g/mol. The number of imide groups is 1. The predicted octanol–water partition coefficient (Wildman–Crippen LogP) is -10.2. The molecule has 1 aromatic rings. The van der Waals surface area contributed by atoms with E-state index in [1.165, 1.54) is 54.9 Å². The number of hydrogen-bond donors (Lipinski definition) is 4. The van der Waals surface area contributed by atoms with E-state index in [0.29, 0.717) is 0 Å². The fourth-order valence-electron chi connectivity index (χ4n) is 4.61. The van der Waals surface area contributed by atoms with Gasteiger partial charge in [0.15, 0.2) is 15.7 Å². The quantitative estimate of drug-likeness (QED) is 0.213. The van der Waals surface area contributed by atoms with Crippen molar-refractivity contribution in [2.75, 3.05) is 5.73 Å². The number of benzene rings is 1. The number of carbonyl (C=O) groups is 3. The molecule has 2 unspecified atom stereocenters. The van der Waals surface area contributed by atoms with Crippen LogP contribution in [0.1, 0.15) is 15.9 Å². The lowest BCUT2D eigenvalue weighted by Gasteiger charge is -2.60. The maximum atomic E-state index is 14.6. The van der Waals surface area contributed by atoms with E-state index in [2.05, 4.69) is 5.32 Å². The number of hydrogen-bond acceptors (Lipinski definition) is 6. The zero-order valence-electron chi connectivity index (χ0n) is 17.5. The summed E-state index contributed by atoms with van der Waals surface area (Å²) in [6, 6.07) is 0. The summed E-state index contributed by atoms with van der Waals surface area (Å²) in [5, 5.41) is 22.9. The minimum Gasteiger partial charge on any atom is -0.399 e. The molecule has 0 radical (unpaired) electrons. The zero-order valence-corrected chi connectivity index (χ0v) is 17.5. The van der Waals surface area contributed by atoms with Crippen molar-refractivity contribution in [2.45, 2.75) is 21.8 Å². The molecule has 29 heavy (non-hydrogen) atoms. The van der Waals surface area contributed by atoms with Gasteiger partial charge in [-0.1, -0.05) is 0 Å². The number of amides is 3. The Labute approximate surface area is 173 Å². The molecule has 2 aliphatic rings. The van der Waals surface area contributed by atoms with Crippen LogP contribution in [0.25, 0.3) is 0 Å². The number of halogens is 1. The number of fused-ring (bicyclic) bond motifs is 1. The molecule has 16 heteroatoms. The lowest BCUT2D eigenvalue weighted by molar-refractivity contribution is -0.157. The van der Waals surface area contributed by atoms with E-state index in [-0.39, 0.29) is 27.7 Å². The van der Waals surface area contributed by atoms with Gasteiger partial charge in [0, 0.05) is 16.8 Å². The van der Waals surface area contributed by atoms with E-state index in [9.17, 15) is 29.0 Å². The first kappa shape index (κ1) is 21.6. The minimum atomic E-state index is -2.10. The number of nitrogen functional groups attached to an aromatic ring is 1. The van der Waals surface area contributed by atoms with Crippen LogP contribution >= 0.6 is 0 Å². The molecule has 3 rings (SSSR count). The molecule has 0 aromatic heterocycles. The highest BCUT2D eigenvalue weighted by Gasteiger charge is 2.69. The Morgan fingerprint density at radius 3 is 2.00 bits per heavy atom. The van der Waals surface area contributed by atoms with E-state index in [0.717, 1.165) is 4.90 Å². The van der Waals surface area contributed by atoms with Crippen LogP contribution in [0.2, 0.25) is 5.21 Å². The molecule has 0 saturated carbocycles. The number of rotatable bonds is 1. The summed E-state index contributed by atoms with van der Waals surface area (Å²) in [6.45, 7) is 0. The molecule has 1 aromatic carbocycles. The van der Waals surface area contributed by atoms with Crippen LogP contribution in [0.4, 0.5) is 10.1 Å². The van der Waals surface area contributed by atoms with Gasteiger partial charge in [-0.2, -0.15) is 0 Å². The molecule has 5 N–H and O–H groups in total. The minimum absolute atomic E-state index is 0.0000599. The van der Waals surface area contributed by atoms with Crippen molar-refractivity contribution in [3.05, 3.63) is 16.9 Å². The highest BCUT2D eigenvalue weighted by molar-refractivity contribution is 6.58. The summed E-state index contributed by atoms with van der Waals surface area (Å²) in [4.78, 5) is 39.7. The normalized spacial score (nSPS) is 33.5. The number of anilines is 1. The average Bonchev–Trinajstić information content (AvgIpc) is 2.81. The third kappa shape index (κ3) is 2.21. The van der Waals surface area contributed by atoms with Gasteiger partial charge in [0.25, 0.3) is 5.91 Å². The third-order valence-corrected chi connectivity index (χ3v) is 7.28. The topological polar surface area (TPSA) is 133 Å². The highest BCUT2D eigenvalue weighted by atomic mass is 19.1. The predicted molar refractivity (Wildman–Crippen MR) is 123 cm³/mol. The van der Waals surface area contributed by atoms with Crippen LogP contribution in [-0.2, 0) is 15.2 Å². The molecule has 0 bridgehead atoms. The monoisotopic (exact) mass is 393 g/mol. The van der Waals surface area contributed by atoms with Crippen molar-refractivity contribution >= 4 is 89.3 Å². The Morgan fingerprint density at radius 1 is 0.966 bits per heavy atom. The van der Waals surface area contributed by atoms with Crippen LogP contribution in [-0.4, -0.2) is 98.7 Å². The lowest BCUT2D eigenvalue weighted by atomic mass is 9.29. The smallest absolute Gasteiger partial charge is 0.256 e. The molecule has 3 amide bonds. The van der Waals surface area contributed by atoms with Crippen LogP contribution < -0.4 is 22.0 Å². The third-order valence-electron chi connectivity index (χ3n) is 7.28. The van der Waals surface area contributed by atoms with Gasteiger partial charge in [0.2, 0.25) is 11.8 Å². The summed E-state index contributed by atoms with van der Waals surface area (Å²) in [5.41, 5.74) is -0.103. The first-order valence-corrected chi connectivity index (χ1v) is 9.21. The number of nitrogens with two attached hydrogens (primary N) is 1. The second-order valence-electron chi connectivity index (χ2n) is 8.94. The summed E-state index contributed by atoms with van der Waals surface area (Å²) in [6.07, 6.45) is 0. The van der Waals surface area contributed by atoms with Crippen molar-refractivity contribution in [3.63, 3.8) is 0 Å². The van der Waals surface area contributed by atoms with Crippen molar-refractivity contribution in [3.8, 4) is 0 Å². The zero-order chi connectivity index (χ0) is 22.5. The van der Waals surface area contributed by atoms with E-state index in [1.54, 1.807) is 0 Å². The molecule has 2 heterocycles. The van der Waals surface area contributed by atoms with Crippen LogP contribution in [0.3, 0.4) is 0 Å². The SMILES string of the molecule is Bc1c(N)c2c(c(B)c1F)C(=O)N([C@]1(B)C(=O)NC(=O)C(B)(O)C1(B)B)C2(B)O. The van der Waals surface area contributed by atoms with Crippen LogP contribution in [0.15, 0.2) is 0 Å². The van der Waals surface area contributed by atoms with E-state index in [1.807, 2.05) is 0 Å². The number of nitrogens with zero attached hydrogens (tertiary/aromatic N) is 1. The highest BCUT2D eigenvalue weighted by Crippen LogP contribution is 2.52. The molecule has 144 valence electrons. The van der Waals surface area contributed by atoms with E-state index in [4.69, 9.17) is 5.73 Å². The van der Waals surface area contributed by atoms with Crippen molar-refractivity contribution in [1.29, 1.82) is 0 Å². The molecule has 8 nitrogen and oxygen atoms in total. The van der Waals surface area contributed by atoms with Gasteiger partial charge in [-0.25, -0.2) is 4.39 Å². The van der Waals surface area contributed by atoms with E-state index < -0.39 is 45.3 Å².